The van der Waals surface area contributed by atoms with Gasteiger partial charge in [0, 0.05) is 11.8 Å². The van der Waals surface area contributed by atoms with Crippen LogP contribution in [0, 0.1) is 0 Å². The van der Waals surface area contributed by atoms with Gasteiger partial charge in [0.2, 0.25) is 0 Å². The van der Waals surface area contributed by atoms with Crippen molar-refractivity contribution in [1.82, 2.24) is 4.98 Å². The fourth-order valence-electron chi connectivity index (χ4n) is 2.82. The molecule has 0 radical (unpaired) electrons. The van der Waals surface area contributed by atoms with Crippen LogP contribution in [0.25, 0.3) is 0 Å². The van der Waals surface area contributed by atoms with Gasteiger partial charge in [0.1, 0.15) is 11.5 Å². The number of thioether (sulfide) groups is 1. The Kier molecular flexibility index (Phi) is 8.76. The molecule has 182 valence electrons. The summed E-state index contributed by atoms with van der Waals surface area (Å²) < 4.78 is 17.2. The summed E-state index contributed by atoms with van der Waals surface area (Å²) in [5.41, 5.74) is 1.01. The highest BCUT2D eigenvalue weighted by atomic mass is 32.2. The third-order valence-corrected chi connectivity index (χ3v) is 6.83. The highest BCUT2D eigenvalue weighted by Gasteiger charge is 2.34. The van der Waals surface area contributed by atoms with Crippen LogP contribution in [-0.2, 0) is 11.2 Å². The largest absolute Gasteiger partial charge is 0.493 e. The summed E-state index contributed by atoms with van der Waals surface area (Å²) >= 11 is 3.05. The van der Waals surface area contributed by atoms with Crippen molar-refractivity contribution >= 4 is 29.1 Å². The van der Waals surface area contributed by atoms with Crippen molar-refractivity contribution in [3.05, 3.63) is 71.2 Å². The van der Waals surface area contributed by atoms with Gasteiger partial charge < -0.3 is 19.3 Å². The summed E-state index contributed by atoms with van der Waals surface area (Å²) in [4.78, 5) is 16.8. The van der Waals surface area contributed by atoms with E-state index in [0.29, 0.717) is 30.1 Å². The Morgan fingerprint density at radius 2 is 1.68 bits per heavy atom. The molecule has 1 N–H and O–H groups in total. The van der Waals surface area contributed by atoms with Gasteiger partial charge in [-0.15, -0.1) is 11.3 Å². The van der Waals surface area contributed by atoms with E-state index in [2.05, 4.69) is 4.98 Å². The molecule has 2 aromatic carbocycles. The molecule has 3 rings (SSSR count). The first-order chi connectivity index (χ1) is 16.0. The Bertz CT molecular complexity index is 1060. The van der Waals surface area contributed by atoms with Crippen molar-refractivity contribution in [2.75, 3.05) is 6.61 Å². The second-order valence-electron chi connectivity index (χ2n) is 9.22. The summed E-state index contributed by atoms with van der Waals surface area (Å²) in [7, 11) is 0. The number of ether oxygens (including phenoxy) is 3. The molecule has 0 fully saturated rings. The van der Waals surface area contributed by atoms with E-state index < -0.39 is 22.6 Å². The number of carbonyl (C=O) groups excluding carboxylic acids is 1. The molecule has 0 bridgehead atoms. The van der Waals surface area contributed by atoms with E-state index in [-0.39, 0.29) is 0 Å². The van der Waals surface area contributed by atoms with Gasteiger partial charge in [0.05, 0.1) is 28.2 Å². The summed E-state index contributed by atoms with van der Waals surface area (Å²) in [5, 5.41) is 12.5. The van der Waals surface area contributed by atoms with Crippen LogP contribution in [0.2, 0.25) is 0 Å². The van der Waals surface area contributed by atoms with E-state index in [9.17, 15) is 9.90 Å². The Labute approximate surface area is 209 Å². The highest BCUT2D eigenvalue weighted by molar-refractivity contribution is 8.02. The lowest BCUT2D eigenvalue weighted by Crippen LogP contribution is -2.40. The number of hydrogen-bond acceptors (Lipinski definition) is 8. The third-order valence-electron chi connectivity index (χ3n) is 4.61. The predicted octanol–water partition coefficient (Wildman–Crippen LogP) is 5.99. The van der Waals surface area contributed by atoms with Crippen molar-refractivity contribution < 1.29 is 24.1 Å². The minimum atomic E-state index is -0.914. The maximum absolute atomic E-state index is 12.1. The second kappa shape index (κ2) is 11.4. The zero-order chi connectivity index (χ0) is 24.8. The van der Waals surface area contributed by atoms with Crippen molar-refractivity contribution in [3.63, 3.8) is 0 Å². The number of hydrogen-bond donors (Lipinski definition) is 1. The number of rotatable bonds is 10. The van der Waals surface area contributed by atoms with Gasteiger partial charge >= 0.3 is 5.97 Å². The summed E-state index contributed by atoms with van der Waals surface area (Å²) in [6, 6.07) is 15.8. The number of nitrogens with zero attached hydrogens (tertiary/aromatic N) is 1. The van der Waals surface area contributed by atoms with Gasteiger partial charge in [-0.05, 0) is 71.0 Å². The summed E-state index contributed by atoms with van der Waals surface area (Å²) in [6.07, 6.45) is -0.258. The van der Waals surface area contributed by atoms with Gasteiger partial charge in [0.25, 0.3) is 0 Å². The molecule has 1 unspecified atom stereocenters. The number of aliphatic hydroxyl groups excluding tert-OH is 1. The summed E-state index contributed by atoms with van der Waals surface area (Å²) in [5.74, 6) is 0.752. The molecule has 3 aromatic rings. The minimum absolute atomic E-state index is 0.396. The number of benzene rings is 2. The standard InChI is InChI=1S/C26H31NO5S2/c1-25(2,3)32-23(29)26(4,5)34-24-27-19(17-33-24)15-16-30-20-11-13-21(14-12-20)31-22(28)18-9-7-6-8-10-18/h6-14,17,23,29H,15-16H2,1-5H3. The van der Waals surface area contributed by atoms with Gasteiger partial charge in [-0.1, -0.05) is 30.0 Å². The molecular weight excluding hydrogens is 470 g/mol. The van der Waals surface area contributed by atoms with Crippen LogP contribution in [0.15, 0.2) is 64.3 Å². The normalized spacial score (nSPS) is 12.9. The van der Waals surface area contributed by atoms with E-state index in [4.69, 9.17) is 14.2 Å². The second-order valence-corrected chi connectivity index (χ2v) is 12.0. The number of aliphatic hydroxyl groups is 1. The molecule has 6 nitrogen and oxygen atoms in total. The van der Waals surface area contributed by atoms with E-state index in [0.717, 1.165) is 10.0 Å². The van der Waals surface area contributed by atoms with E-state index in [1.165, 1.54) is 11.8 Å². The van der Waals surface area contributed by atoms with Crippen LogP contribution in [0.3, 0.4) is 0 Å². The predicted molar refractivity (Wildman–Crippen MR) is 136 cm³/mol. The lowest BCUT2D eigenvalue weighted by molar-refractivity contribution is -0.177. The van der Waals surface area contributed by atoms with Crippen molar-refractivity contribution in [2.24, 2.45) is 0 Å². The molecule has 34 heavy (non-hydrogen) atoms. The van der Waals surface area contributed by atoms with Gasteiger partial charge in [0.15, 0.2) is 10.6 Å². The number of aromatic nitrogens is 1. The molecule has 0 saturated carbocycles. The van der Waals surface area contributed by atoms with Crippen LogP contribution < -0.4 is 9.47 Å². The quantitative estimate of drug-likeness (QED) is 0.158. The smallest absolute Gasteiger partial charge is 0.343 e. The van der Waals surface area contributed by atoms with Crippen LogP contribution in [0.1, 0.15) is 50.7 Å². The topological polar surface area (TPSA) is 77.9 Å². The lowest BCUT2D eigenvalue weighted by Gasteiger charge is -2.33. The molecule has 0 amide bonds. The Hall–Kier alpha value is -2.39. The van der Waals surface area contributed by atoms with Crippen LogP contribution in [-0.4, -0.2) is 39.3 Å². The third kappa shape index (κ3) is 8.13. The highest BCUT2D eigenvalue weighted by Crippen LogP contribution is 2.38. The first-order valence-corrected chi connectivity index (χ1v) is 12.7. The number of esters is 1. The first-order valence-electron chi connectivity index (χ1n) is 11.0. The number of thiazole rings is 1. The fraction of sp³-hybridized carbons (Fsp3) is 0.385. The zero-order valence-corrected chi connectivity index (χ0v) is 21.7. The molecule has 1 atom stereocenters. The molecule has 8 heteroatoms. The molecule has 0 aliphatic rings. The maximum Gasteiger partial charge on any atom is 0.343 e. The molecule has 0 aliphatic carbocycles. The fourth-order valence-corrected chi connectivity index (χ4v) is 5.14. The molecule has 0 saturated heterocycles. The van der Waals surface area contributed by atoms with Gasteiger partial charge in [-0.25, -0.2) is 9.78 Å². The van der Waals surface area contributed by atoms with Crippen molar-refractivity contribution in [1.29, 1.82) is 0 Å². The van der Waals surface area contributed by atoms with Gasteiger partial charge in [-0.2, -0.15) is 0 Å². The molecule has 1 heterocycles. The van der Waals surface area contributed by atoms with E-state index in [1.54, 1.807) is 59.9 Å². The Morgan fingerprint density at radius 1 is 1.03 bits per heavy atom. The van der Waals surface area contributed by atoms with Crippen LogP contribution >= 0.6 is 23.1 Å². The van der Waals surface area contributed by atoms with Crippen molar-refractivity contribution in [3.8, 4) is 11.5 Å². The molecular formula is C26H31NO5S2. The van der Waals surface area contributed by atoms with E-state index in [1.807, 2.05) is 46.1 Å². The molecule has 0 spiro atoms. The number of carbonyl (C=O) groups is 1. The summed E-state index contributed by atoms with van der Waals surface area (Å²) in [6.45, 7) is 10.1. The lowest BCUT2D eigenvalue weighted by atomic mass is 10.1. The average molecular weight is 502 g/mol. The SMILES string of the molecule is CC(C)(C)OC(O)C(C)(C)Sc1nc(CCOc2ccc(OC(=O)c3ccccc3)cc2)cs1. The molecule has 0 aliphatic heterocycles. The monoisotopic (exact) mass is 501 g/mol. The van der Waals surface area contributed by atoms with Gasteiger partial charge in [-0.3, -0.25) is 0 Å². The molecule has 1 aromatic heterocycles. The van der Waals surface area contributed by atoms with Crippen molar-refractivity contribution in [2.45, 2.75) is 62.0 Å². The maximum atomic E-state index is 12.1. The Morgan fingerprint density at radius 3 is 2.32 bits per heavy atom. The van der Waals surface area contributed by atoms with Crippen LogP contribution in [0.5, 0.6) is 11.5 Å². The van der Waals surface area contributed by atoms with Crippen LogP contribution in [0.4, 0.5) is 0 Å². The van der Waals surface area contributed by atoms with E-state index >= 15 is 0 Å². The first kappa shape index (κ1) is 26.2. The minimum Gasteiger partial charge on any atom is -0.493 e. The zero-order valence-electron chi connectivity index (χ0n) is 20.1. The Balaban J connectivity index is 1.46. The average Bonchev–Trinajstić information content (AvgIpc) is 3.21.